The van der Waals surface area contributed by atoms with Crippen LogP contribution in [0.2, 0.25) is 5.02 Å². The zero-order chi connectivity index (χ0) is 18.8. The minimum absolute atomic E-state index is 0.0413. The predicted molar refractivity (Wildman–Crippen MR) is 105 cm³/mol. The van der Waals surface area contributed by atoms with Crippen LogP contribution in [0.25, 0.3) is 0 Å². The molecule has 0 radical (unpaired) electrons. The Morgan fingerprint density at radius 2 is 1.85 bits per heavy atom. The quantitative estimate of drug-likeness (QED) is 0.708. The van der Waals surface area contributed by atoms with Crippen molar-refractivity contribution in [3.63, 3.8) is 0 Å². The summed E-state index contributed by atoms with van der Waals surface area (Å²) in [5.74, 6) is 0.743. The van der Waals surface area contributed by atoms with E-state index in [1.54, 1.807) is 24.3 Å². The second-order valence-electron chi connectivity index (χ2n) is 6.27. The lowest BCUT2D eigenvalue weighted by molar-refractivity contribution is 0.0728. The van der Waals surface area contributed by atoms with Crippen molar-refractivity contribution in [1.29, 1.82) is 0 Å². The highest BCUT2D eigenvalue weighted by Gasteiger charge is 2.37. The van der Waals surface area contributed by atoms with E-state index in [1.807, 2.05) is 54.6 Å². The third kappa shape index (κ3) is 3.46. The second-order valence-corrected chi connectivity index (χ2v) is 6.71. The first-order valence-electron chi connectivity index (χ1n) is 8.56. The van der Waals surface area contributed by atoms with Crippen LogP contribution in [-0.4, -0.2) is 22.9 Å². The normalized spacial score (nSPS) is 15.6. The molecule has 1 aliphatic rings. The molecule has 1 unspecified atom stereocenters. The van der Waals surface area contributed by atoms with Gasteiger partial charge in [0.2, 0.25) is 0 Å². The van der Waals surface area contributed by atoms with Crippen LogP contribution >= 0.6 is 11.6 Å². The number of aromatic nitrogens is 1. The van der Waals surface area contributed by atoms with Crippen LogP contribution in [0.1, 0.15) is 27.8 Å². The van der Waals surface area contributed by atoms with Gasteiger partial charge < -0.3 is 15.0 Å². The third-order valence-corrected chi connectivity index (χ3v) is 4.81. The fourth-order valence-electron chi connectivity index (χ4n) is 3.18. The van der Waals surface area contributed by atoms with Crippen molar-refractivity contribution in [3.8, 4) is 5.75 Å². The van der Waals surface area contributed by atoms with E-state index in [1.165, 1.54) is 0 Å². The smallest absolute Gasteiger partial charge is 0.258 e. The van der Waals surface area contributed by atoms with E-state index < -0.39 is 0 Å². The molecule has 1 amide bonds. The van der Waals surface area contributed by atoms with Gasteiger partial charge >= 0.3 is 0 Å². The number of fused-ring (bicyclic) bond motifs is 1. The van der Waals surface area contributed by atoms with Crippen molar-refractivity contribution >= 4 is 23.2 Å². The van der Waals surface area contributed by atoms with Crippen LogP contribution < -0.4 is 10.1 Å². The number of benzene rings is 2. The fraction of sp³-hybridized carbons (Fsp3) is 0.143. The molecule has 1 atom stereocenters. The molecule has 0 spiro atoms. The van der Waals surface area contributed by atoms with Crippen molar-refractivity contribution in [3.05, 3.63) is 88.7 Å². The van der Waals surface area contributed by atoms with Gasteiger partial charge in [0.1, 0.15) is 11.9 Å². The van der Waals surface area contributed by atoms with Gasteiger partial charge in [-0.05, 0) is 54.1 Å². The van der Waals surface area contributed by atoms with Gasteiger partial charge in [0.15, 0.2) is 0 Å². The molecule has 6 heteroatoms. The summed E-state index contributed by atoms with van der Waals surface area (Å²) in [5, 5.41) is 4.07. The maximum absolute atomic E-state index is 13.0. The van der Waals surface area contributed by atoms with Crippen molar-refractivity contribution in [2.75, 3.05) is 12.4 Å². The molecule has 0 saturated carbocycles. The third-order valence-electron chi connectivity index (χ3n) is 4.56. The molecule has 2 heterocycles. The number of carbonyl (C=O) groups is 1. The Morgan fingerprint density at radius 1 is 1.11 bits per heavy atom. The molecule has 1 aromatic heterocycles. The highest BCUT2D eigenvalue weighted by molar-refractivity contribution is 6.30. The summed E-state index contributed by atoms with van der Waals surface area (Å²) in [6, 6.07) is 18.7. The minimum atomic E-state index is -0.350. The van der Waals surface area contributed by atoms with E-state index in [4.69, 9.17) is 16.3 Å². The van der Waals surface area contributed by atoms with Crippen LogP contribution in [0.5, 0.6) is 5.75 Å². The highest BCUT2D eigenvalue weighted by atomic mass is 35.5. The molecule has 0 bridgehead atoms. The van der Waals surface area contributed by atoms with Crippen molar-refractivity contribution < 1.29 is 9.53 Å². The van der Waals surface area contributed by atoms with E-state index in [0.717, 1.165) is 22.7 Å². The van der Waals surface area contributed by atoms with Crippen LogP contribution in [0.4, 0.5) is 5.69 Å². The Labute approximate surface area is 162 Å². The summed E-state index contributed by atoms with van der Waals surface area (Å²) in [4.78, 5) is 19.2. The van der Waals surface area contributed by atoms with Crippen molar-refractivity contribution in [2.45, 2.75) is 12.7 Å². The first-order valence-corrected chi connectivity index (χ1v) is 8.94. The first kappa shape index (κ1) is 17.4. The maximum Gasteiger partial charge on any atom is 0.258 e. The Hall–Kier alpha value is -3.05. The van der Waals surface area contributed by atoms with Gasteiger partial charge in [-0.15, -0.1) is 0 Å². The van der Waals surface area contributed by atoms with Crippen LogP contribution in [0.15, 0.2) is 66.9 Å². The van der Waals surface area contributed by atoms with E-state index in [0.29, 0.717) is 17.1 Å². The Kier molecular flexibility index (Phi) is 4.69. The largest absolute Gasteiger partial charge is 0.497 e. The second kappa shape index (κ2) is 7.29. The van der Waals surface area contributed by atoms with Gasteiger partial charge in [-0.1, -0.05) is 23.7 Å². The number of methoxy groups -OCH3 is 1. The molecule has 0 aliphatic carbocycles. The minimum Gasteiger partial charge on any atom is -0.497 e. The van der Waals surface area contributed by atoms with Crippen LogP contribution in [0, 0.1) is 0 Å². The summed E-state index contributed by atoms with van der Waals surface area (Å²) in [6.45, 7) is 0.463. The molecule has 27 heavy (non-hydrogen) atoms. The Balaban J connectivity index is 1.65. The number of halogens is 1. The molecular weight excluding hydrogens is 362 g/mol. The molecule has 3 aromatic rings. The lowest BCUT2D eigenvalue weighted by Crippen LogP contribution is -2.32. The number of amides is 1. The van der Waals surface area contributed by atoms with Crippen molar-refractivity contribution in [2.24, 2.45) is 0 Å². The number of ether oxygens (including phenoxy) is 1. The molecule has 4 rings (SSSR count). The standard InChI is InChI=1S/C21H18ClN3O2/c1-27-17-10-4-14(5-11-17)13-25-20(24-16-8-6-15(22)7-9-16)19-18(21(25)26)3-2-12-23-19/h2-12,20,24H,13H2,1H3. The number of pyridine rings is 1. The Bertz CT molecular complexity index is 958. The monoisotopic (exact) mass is 379 g/mol. The first-order chi connectivity index (χ1) is 13.2. The average molecular weight is 380 g/mol. The number of rotatable bonds is 5. The summed E-state index contributed by atoms with van der Waals surface area (Å²) >= 11 is 5.98. The molecule has 1 N–H and O–H groups in total. The van der Waals surface area contributed by atoms with Gasteiger partial charge in [0.25, 0.3) is 5.91 Å². The Morgan fingerprint density at radius 3 is 2.56 bits per heavy atom. The summed E-state index contributed by atoms with van der Waals surface area (Å²) in [5.41, 5.74) is 3.23. The van der Waals surface area contributed by atoms with Gasteiger partial charge in [0, 0.05) is 23.5 Å². The van der Waals surface area contributed by atoms with Gasteiger partial charge in [-0.3, -0.25) is 9.78 Å². The molecule has 136 valence electrons. The van der Waals surface area contributed by atoms with E-state index in [-0.39, 0.29) is 12.1 Å². The maximum atomic E-state index is 13.0. The number of anilines is 1. The SMILES string of the molecule is COc1ccc(CN2C(=O)c3cccnc3C2Nc2ccc(Cl)cc2)cc1. The van der Waals surface area contributed by atoms with Crippen LogP contribution in [-0.2, 0) is 6.54 Å². The molecule has 1 aliphatic heterocycles. The summed E-state index contributed by atoms with van der Waals surface area (Å²) in [7, 11) is 1.63. The molecule has 0 saturated heterocycles. The summed E-state index contributed by atoms with van der Waals surface area (Å²) < 4.78 is 5.21. The van der Waals surface area contributed by atoms with E-state index >= 15 is 0 Å². The van der Waals surface area contributed by atoms with Crippen LogP contribution in [0.3, 0.4) is 0 Å². The van der Waals surface area contributed by atoms with Gasteiger partial charge in [0.05, 0.1) is 18.4 Å². The number of nitrogens with one attached hydrogen (secondary N) is 1. The van der Waals surface area contributed by atoms with Gasteiger partial charge in [-0.25, -0.2) is 0 Å². The number of carbonyl (C=O) groups excluding carboxylic acids is 1. The topological polar surface area (TPSA) is 54.5 Å². The zero-order valence-corrected chi connectivity index (χ0v) is 15.5. The lowest BCUT2D eigenvalue weighted by atomic mass is 10.2. The number of nitrogens with zero attached hydrogens (tertiary/aromatic N) is 2. The average Bonchev–Trinajstić information content (AvgIpc) is 2.96. The highest BCUT2D eigenvalue weighted by Crippen LogP contribution is 2.34. The predicted octanol–water partition coefficient (Wildman–Crippen LogP) is 4.51. The molecule has 0 fully saturated rings. The fourth-order valence-corrected chi connectivity index (χ4v) is 3.30. The number of hydrogen-bond donors (Lipinski definition) is 1. The van der Waals surface area contributed by atoms with Crippen molar-refractivity contribution in [1.82, 2.24) is 9.88 Å². The molecule has 2 aromatic carbocycles. The summed E-state index contributed by atoms with van der Waals surface area (Å²) in [6.07, 6.45) is 1.36. The molecule has 5 nitrogen and oxygen atoms in total. The molecular formula is C21H18ClN3O2. The van der Waals surface area contributed by atoms with E-state index in [2.05, 4.69) is 10.3 Å². The number of hydrogen-bond acceptors (Lipinski definition) is 4. The van der Waals surface area contributed by atoms with E-state index in [9.17, 15) is 4.79 Å². The lowest BCUT2D eigenvalue weighted by Gasteiger charge is -2.26. The zero-order valence-electron chi connectivity index (χ0n) is 14.7. The van der Waals surface area contributed by atoms with Gasteiger partial charge in [-0.2, -0.15) is 0 Å².